The average Bonchev–Trinajstić information content (AvgIpc) is 2.62. The summed E-state index contributed by atoms with van der Waals surface area (Å²) in [5, 5.41) is 0. The first-order chi connectivity index (χ1) is 5.04. The molecule has 1 rings (SSSR count). The number of epoxide rings is 1. The van der Waals surface area contributed by atoms with Gasteiger partial charge in [-0.1, -0.05) is 6.92 Å². The fourth-order valence-electron chi connectivity index (χ4n) is 1.30. The second kappa shape index (κ2) is 3.11. The highest BCUT2D eigenvalue weighted by Crippen LogP contribution is 2.18. The molecule has 1 saturated heterocycles. The van der Waals surface area contributed by atoms with E-state index in [1.807, 2.05) is 0 Å². The molecular formula is C9H19NO. The minimum absolute atomic E-state index is 0.292. The number of hydrogen-bond acceptors (Lipinski definition) is 2. The highest BCUT2D eigenvalue weighted by molar-refractivity contribution is 4.81. The number of ether oxygens (including phenoxy) is 1. The summed E-state index contributed by atoms with van der Waals surface area (Å²) in [5.41, 5.74) is 0.292. The monoisotopic (exact) mass is 157 g/mol. The molecule has 1 unspecified atom stereocenters. The largest absolute Gasteiger partial charge is 0.372 e. The Hall–Kier alpha value is -0.0800. The van der Waals surface area contributed by atoms with Gasteiger partial charge in [0, 0.05) is 12.1 Å². The SMILES string of the molecule is CCN(CC1CO1)C(C)(C)C. The van der Waals surface area contributed by atoms with E-state index in [0.717, 1.165) is 19.7 Å². The van der Waals surface area contributed by atoms with Crippen molar-refractivity contribution in [1.82, 2.24) is 4.90 Å². The summed E-state index contributed by atoms with van der Waals surface area (Å²) in [5.74, 6) is 0. The van der Waals surface area contributed by atoms with Crippen molar-refractivity contribution in [3.63, 3.8) is 0 Å². The van der Waals surface area contributed by atoms with Crippen LogP contribution in [0.1, 0.15) is 27.7 Å². The zero-order valence-corrected chi connectivity index (χ0v) is 8.05. The Kier molecular flexibility index (Phi) is 2.55. The van der Waals surface area contributed by atoms with Gasteiger partial charge in [0.25, 0.3) is 0 Å². The van der Waals surface area contributed by atoms with E-state index < -0.39 is 0 Å². The summed E-state index contributed by atoms with van der Waals surface area (Å²) in [4.78, 5) is 2.45. The molecule has 0 saturated carbocycles. The van der Waals surface area contributed by atoms with Crippen molar-refractivity contribution in [3.05, 3.63) is 0 Å². The van der Waals surface area contributed by atoms with E-state index in [2.05, 4.69) is 32.6 Å². The normalized spacial score (nSPS) is 24.3. The third-order valence-electron chi connectivity index (χ3n) is 2.16. The van der Waals surface area contributed by atoms with Gasteiger partial charge in [-0.2, -0.15) is 0 Å². The predicted molar refractivity (Wildman–Crippen MR) is 46.7 cm³/mol. The van der Waals surface area contributed by atoms with Gasteiger partial charge in [-0.25, -0.2) is 0 Å². The van der Waals surface area contributed by atoms with Crippen LogP contribution in [0.3, 0.4) is 0 Å². The summed E-state index contributed by atoms with van der Waals surface area (Å²) in [6.07, 6.45) is 0.522. The molecule has 1 fully saturated rings. The summed E-state index contributed by atoms with van der Waals surface area (Å²) in [6.45, 7) is 12.1. The third-order valence-corrected chi connectivity index (χ3v) is 2.16. The molecule has 0 amide bonds. The average molecular weight is 157 g/mol. The Morgan fingerprint density at radius 3 is 2.27 bits per heavy atom. The maximum Gasteiger partial charge on any atom is 0.0936 e. The predicted octanol–water partition coefficient (Wildman–Crippen LogP) is 1.51. The lowest BCUT2D eigenvalue weighted by Gasteiger charge is -2.34. The molecule has 0 spiro atoms. The molecule has 0 aliphatic carbocycles. The molecule has 0 radical (unpaired) electrons. The molecule has 0 aromatic rings. The van der Waals surface area contributed by atoms with Crippen LogP contribution in [0.2, 0.25) is 0 Å². The first-order valence-electron chi connectivity index (χ1n) is 4.40. The molecule has 66 valence electrons. The quantitative estimate of drug-likeness (QED) is 0.577. The van der Waals surface area contributed by atoms with Crippen molar-refractivity contribution < 1.29 is 4.74 Å². The zero-order valence-electron chi connectivity index (χ0n) is 8.05. The van der Waals surface area contributed by atoms with Gasteiger partial charge in [-0.05, 0) is 27.3 Å². The number of nitrogens with zero attached hydrogens (tertiary/aromatic N) is 1. The van der Waals surface area contributed by atoms with Gasteiger partial charge < -0.3 is 4.74 Å². The molecular weight excluding hydrogens is 138 g/mol. The number of rotatable bonds is 3. The minimum atomic E-state index is 0.292. The Labute approximate surface area is 69.5 Å². The van der Waals surface area contributed by atoms with E-state index in [9.17, 15) is 0 Å². The van der Waals surface area contributed by atoms with Crippen LogP contribution in [0, 0.1) is 0 Å². The molecule has 2 nitrogen and oxygen atoms in total. The van der Waals surface area contributed by atoms with E-state index in [4.69, 9.17) is 4.74 Å². The third kappa shape index (κ3) is 2.80. The molecule has 1 atom stereocenters. The van der Waals surface area contributed by atoms with Gasteiger partial charge in [0.15, 0.2) is 0 Å². The van der Waals surface area contributed by atoms with Gasteiger partial charge in [0.1, 0.15) is 0 Å². The number of hydrogen-bond donors (Lipinski definition) is 0. The van der Waals surface area contributed by atoms with Crippen LogP contribution in [-0.2, 0) is 4.74 Å². The highest BCUT2D eigenvalue weighted by atomic mass is 16.6. The molecule has 11 heavy (non-hydrogen) atoms. The first kappa shape index (κ1) is 9.01. The van der Waals surface area contributed by atoms with Crippen LogP contribution in [0.25, 0.3) is 0 Å². The van der Waals surface area contributed by atoms with Crippen LogP contribution in [0.4, 0.5) is 0 Å². The number of likely N-dealkylation sites (N-methyl/N-ethyl adjacent to an activating group) is 1. The Morgan fingerprint density at radius 1 is 1.45 bits per heavy atom. The van der Waals surface area contributed by atoms with Crippen LogP contribution in [-0.4, -0.2) is 36.2 Å². The Balaban J connectivity index is 2.34. The summed E-state index contributed by atoms with van der Waals surface area (Å²) in [6, 6.07) is 0. The second-order valence-electron chi connectivity index (χ2n) is 4.16. The van der Waals surface area contributed by atoms with Crippen LogP contribution in [0.15, 0.2) is 0 Å². The van der Waals surface area contributed by atoms with Crippen molar-refractivity contribution in [3.8, 4) is 0 Å². The van der Waals surface area contributed by atoms with Gasteiger partial charge in [-0.15, -0.1) is 0 Å². The maximum absolute atomic E-state index is 5.19. The first-order valence-corrected chi connectivity index (χ1v) is 4.40. The summed E-state index contributed by atoms with van der Waals surface area (Å²) in [7, 11) is 0. The fraction of sp³-hybridized carbons (Fsp3) is 1.00. The van der Waals surface area contributed by atoms with Gasteiger partial charge in [0.05, 0.1) is 12.7 Å². The Morgan fingerprint density at radius 2 is 2.00 bits per heavy atom. The van der Waals surface area contributed by atoms with Crippen molar-refractivity contribution in [2.75, 3.05) is 19.7 Å². The molecule has 0 bridgehead atoms. The molecule has 1 aliphatic heterocycles. The second-order valence-corrected chi connectivity index (χ2v) is 4.16. The molecule has 0 aromatic carbocycles. The van der Waals surface area contributed by atoms with Crippen molar-refractivity contribution in [2.24, 2.45) is 0 Å². The molecule has 0 N–H and O–H groups in total. The molecule has 0 aromatic heterocycles. The highest BCUT2D eigenvalue weighted by Gasteiger charge is 2.29. The van der Waals surface area contributed by atoms with Gasteiger partial charge >= 0.3 is 0 Å². The van der Waals surface area contributed by atoms with Crippen molar-refractivity contribution in [2.45, 2.75) is 39.3 Å². The molecule has 1 heterocycles. The van der Waals surface area contributed by atoms with Crippen LogP contribution in [0.5, 0.6) is 0 Å². The minimum Gasteiger partial charge on any atom is -0.372 e. The van der Waals surface area contributed by atoms with Gasteiger partial charge in [0.2, 0.25) is 0 Å². The van der Waals surface area contributed by atoms with Crippen LogP contribution >= 0.6 is 0 Å². The zero-order chi connectivity index (χ0) is 8.48. The smallest absolute Gasteiger partial charge is 0.0936 e. The van der Waals surface area contributed by atoms with Crippen LogP contribution < -0.4 is 0 Å². The van der Waals surface area contributed by atoms with Crippen molar-refractivity contribution >= 4 is 0 Å². The van der Waals surface area contributed by atoms with Gasteiger partial charge in [-0.3, -0.25) is 4.90 Å². The van der Waals surface area contributed by atoms with E-state index in [1.165, 1.54) is 0 Å². The lowest BCUT2D eigenvalue weighted by Crippen LogP contribution is -2.43. The summed E-state index contributed by atoms with van der Waals surface area (Å²) >= 11 is 0. The Bertz CT molecular complexity index is 124. The molecule has 2 heteroatoms. The standard InChI is InChI=1S/C9H19NO/c1-5-10(9(2,3)4)6-8-7-11-8/h8H,5-7H2,1-4H3. The van der Waals surface area contributed by atoms with E-state index in [-0.39, 0.29) is 0 Å². The van der Waals surface area contributed by atoms with E-state index >= 15 is 0 Å². The summed E-state index contributed by atoms with van der Waals surface area (Å²) < 4.78 is 5.19. The van der Waals surface area contributed by atoms with E-state index in [0.29, 0.717) is 11.6 Å². The topological polar surface area (TPSA) is 15.8 Å². The lowest BCUT2D eigenvalue weighted by molar-refractivity contribution is 0.132. The fourth-order valence-corrected chi connectivity index (χ4v) is 1.30. The molecule has 1 aliphatic rings. The maximum atomic E-state index is 5.19. The lowest BCUT2D eigenvalue weighted by atomic mass is 10.1. The van der Waals surface area contributed by atoms with Crippen molar-refractivity contribution in [1.29, 1.82) is 0 Å². The van der Waals surface area contributed by atoms with E-state index in [1.54, 1.807) is 0 Å².